The summed E-state index contributed by atoms with van der Waals surface area (Å²) in [6.45, 7) is 1.71. The van der Waals surface area contributed by atoms with Gasteiger partial charge in [-0.25, -0.2) is 9.97 Å². The molecule has 0 spiro atoms. The van der Waals surface area contributed by atoms with E-state index in [0.717, 1.165) is 0 Å². The highest BCUT2D eigenvalue weighted by molar-refractivity contribution is 5.00. The van der Waals surface area contributed by atoms with Crippen molar-refractivity contribution in [2.75, 3.05) is 6.54 Å². The van der Waals surface area contributed by atoms with Crippen molar-refractivity contribution in [3.05, 3.63) is 24.3 Å². The second-order valence-electron chi connectivity index (χ2n) is 2.55. The highest BCUT2D eigenvalue weighted by atomic mass is 16.3. The van der Waals surface area contributed by atoms with Crippen LogP contribution < -0.4 is 5.73 Å². The van der Waals surface area contributed by atoms with Crippen LogP contribution in [0.2, 0.25) is 0 Å². The van der Waals surface area contributed by atoms with E-state index < -0.39 is 5.60 Å². The first-order valence-corrected chi connectivity index (χ1v) is 3.37. The number of nitrogens with zero attached hydrogens (tertiary/aromatic N) is 2. The third kappa shape index (κ3) is 1.72. The van der Waals surface area contributed by atoms with Crippen LogP contribution in [0, 0.1) is 0 Å². The van der Waals surface area contributed by atoms with E-state index in [4.69, 9.17) is 5.73 Å². The Hall–Kier alpha value is -1.00. The number of hydrogen-bond acceptors (Lipinski definition) is 4. The zero-order valence-electron chi connectivity index (χ0n) is 6.36. The van der Waals surface area contributed by atoms with Crippen LogP contribution in [-0.4, -0.2) is 21.6 Å². The lowest BCUT2D eigenvalue weighted by Gasteiger charge is -2.17. The molecular formula is C7H11N3O. The number of nitrogens with two attached hydrogens (primary N) is 1. The maximum atomic E-state index is 9.54. The van der Waals surface area contributed by atoms with Crippen molar-refractivity contribution in [3.8, 4) is 0 Å². The Bertz CT molecular complexity index is 222. The SMILES string of the molecule is CC(O)(CN)c1ncccn1. The highest BCUT2D eigenvalue weighted by Crippen LogP contribution is 2.12. The van der Waals surface area contributed by atoms with Gasteiger partial charge in [-0.2, -0.15) is 0 Å². The predicted molar refractivity (Wildman–Crippen MR) is 40.7 cm³/mol. The van der Waals surface area contributed by atoms with E-state index in [2.05, 4.69) is 9.97 Å². The fourth-order valence-corrected chi connectivity index (χ4v) is 0.669. The average molecular weight is 153 g/mol. The van der Waals surface area contributed by atoms with Crippen LogP contribution in [0.4, 0.5) is 0 Å². The third-order valence-electron chi connectivity index (χ3n) is 1.44. The summed E-state index contributed by atoms with van der Waals surface area (Å²) in [5, 5.41) is 9.54. The van der Waals surface area contributed by atoms with Gasteiger partial charge < -0.3 is 10.8 Å². The average Bonchev–Trinajstić information content (AvgIpc) is 2.06. The van der Waals surface area contributed by atoms with Crippen molar-refractivity contribution in [2.45, 2.75) is 12.5 Å². The molecule has 60 valence electrons. The molecule has 1 atom stereocenters. The van der Waals surface area contributed by atoms with Crippen molar-refractivity contribution in [2.24, 2.45) is 5.73 Å². The van der Waals surface area contributed by atoms with Crippen LogP contribution in [0.15, 0.2) is 18.5 Å². The number of rotatable bonds is 2. The quantitative estimate of drug-likeness (QED) is 0.608. The highest BCUT2D eigenvalue weighted by Gasteiger charge is 2.23. The Morgan fingerprint density at radius 1 is 1.55 bits per heavy atom. The molecule has 0 aliphatic rings. The van der Waals surface area contributed by atoms with E-state index in [9.17, 15) is 5.11 Å². The zero-order chi connectivity index (χ0) is 8.32. The second-order valence-corrected chi connectivity index (χ2v) is 2.55. The minimum Gasteiger partial charge on any atom is -0.381 e. The molecule has 0 aromatic carbocycles. The maximum Gasteiger partial charge on any atom is 0.160 e. The van der Waals surface area contributed by atoms with Gasteiger partial charge in [0, 0.05) is 18.9 Å². The minimum atomic E-state index is -1.11. The largest absolute Gasteiger partial charge is 0.381 e. The van der Waals surface area contributed by atoms with Crippen molar-refractivity contribution in [1.82, 2.24) is 9.97 Å². The van der Waals surface area contributed by atoms with Gasteiger partial charge in [-0.15, -0.1) is 0 Å². The predicted octanol–water partition coefficient (Wildman–Crippen LogP) is -0.357. The van der Waals surface area contributed by atoms with Gasteiger partial charge in [0.25, 0.3) is 0 Å². The molecule has 1 heterocycles. The van der Waals surface area contributed by atoms with E-state index in [1.54, 1.807) is 25.4 Å². The summed E-state index contributed by atoms with van der Waals surface area (Å²) in [6.07, 6.45) is 3.15. The van der Waals surface area contributed by atoms with E-state index in [-0.39, 0.29) is 6.54 Å². The summed E-state index contributed by atoms with van der Waals surface area (Å²) in [5.41, 5.74) is 4.20. The summed E-state index contributed by atoms with van der Waals surface area (Å²) >= 11 is 0. The Morgan fingerprint density at radius 3 is 2.55 bits per heavy atom. The van der Waals surface area contributed by atoms with E-state index >= 15 is 0 Å². The lowest BCUT2D eigenvalue weighted by molar-refractivity contribution is 0.0572. The molecule has 0 aliphatic heterocycles. The van der Waals surface area contributed by atoms with Gasteiger partial charge in [0.15, 0.2) is 5.82 Å². The molecular weight excluding hydrogens is 142 g/mol. The molecule has 0 saturated heterocycles. The first-order valence-electron chi connectivity index (χ1n) is 3.37. The van der Waals surface area contributed by atoms with Crippen molar-refractivity contribution in [1.29, 1.82) is 0 Å². The van der Waals surface area contributed by atoms with Crippen molar-refractivity contribution >= 4 is 0 Å². The summed E-state index contributed by atoms with van der Waals surface area (Å²) < 4.78 is 0. The van der Waals surface area contributed by atoms with Gasteiger partial charge in [-0.05, 0) is 13.0 Å². The molecule has 0 fully saturated rings. The summed E-state index contributed by atoms with van der Waals surface area (Å²) in [7, 11) is 0. The van der Waals surface area contributed by atoms with Gasteiger partial charge in [-0.3, -0.25) is 0 Å². The van der Waals surface area contributed by atoms with Crippen LogP contribution in [-0.2, 0) is 5.60 Å². The van der Waals surface area contributed by atoms with Crippen LogP contribution in [0.5, 0.6) is 0 Å². The molecule has 11 heavy (non-hydrogen) atoms. The molecule has 1 unspecified atom stereocenters. The van der Waals surface area contributed by atoms with Crippen molar-refractivity contribution < 1.29 is 5.11 Å². The first kappa shape index (κ1) is 8.10. The van der Waals surface area contributed by atoms with Gasteiger partial charge in [0.1, 0.15) is 5.60 Å². The third-order valence-corrected chi connectivity index (χ3v) is 1.44. The topological polar surface area (TPSA) is 72.0 Å². The Balaban J connectivity index is 2.93. The molecule has 1 aromatic rings. The number of hydrogen-bond donors (Lipinski definition) is 2. The molecule has 0 aliphatic carbocycles. The molecule has 3 N–H and O–H groups in total. The van der Waals surface area contributed by atoms with Crippen molar-refractivity contribution in [3.63, 3.8) is 0 Å². The van der Waals surface area contributed by atoms with E-state index in [1.807, 2.05) is 0 Å². The van der Waals surface area contributed by atoms with Gasteiger partial charge in [0.2, 0.25) is 0 Å². The molecule has 0 radical (unpaired) electrons. The van der Waals surface area contributed by atoms with Gasteiger partial charge in [-0.1, -0.05) is 0 Å². The van der Waals surface area contributed by atoms with Crippen LogP contribution in [0.1, 0.15) is 12.7 Å². The molecule has 0 amide bonds. The Morgan fingerprint density at radius 2 is 2.09 bits per heavy atom. The smallest absolute Gasteiger partial charge is 0.160 e. The molecule has 1 rings (SSSR count). The van der Waals surface area contributed by atoms with Crippen LogP contribution >= 0.6 is 0 Å². The standard InChI is InChI=1S/C7H11N3O/c1-7(11,5-8)6-9-3-2-4-10-6/h2-4,11H,5,8H2,1H3. The lowest BCUT2D eigenvalue weighted by atomic mass is 10.1. The Labute approximate surface area is 65.1 Å². The fourth-order valence-electron chi connectivity index (χ4n) is 0.669. The van der Waals surface area contributed by atoms with Crippen LogP contribution in [0.3, 0.4) is 0 Å². The molecule has 0 bridgehead atoms. The van der Waals surface area contributed by atoms with E-state index in [1.165, 1.54) is 0 Å². The molecule has 4 heteroatoms. The summed E-state index contributed by atoms with van der Waals surface area (Å²) in [4.78, 5) is 7.76. The monoisotopic (exact) mass is 153 g/mol. The molecule has 1 aromatic heterocycles. The Kier molecular flexibility index (Phi) is 2.16. The van der Waals surface area contributed by atoms with E-state index in [0.29, 0.717) is 5.82 Å². The molecule has 4 nitrogen and oxygen atoms in total. The van der Waals surface area contributed by atoms with Crippen LogP contribution in [0.25, 0.3) is 0 Å². The lowest BCUT2D eigenvalue weighted by Crippen LogP contribution is -2.33. The number of aromatic nitrogens is 2. The summed E-state index contributed by atoms with van der Waals surface area (Å²) in [5.74, 6) is 0.363. The first-order chi connectivity index (χ1) is 5.17. The normalized spacial score (nSPS) is 15.9. The number of aliphatic hydroxyl groups is 1. The zero-order valence-corrected chi connectivity index (χ0v) is 6.36. The van der Waals surface area contributed by atoms with Gasteiger partial charge >= 0.3 is 0 Å². The minimum absolute atomic E-state index is 0.122. The van der Waals surface area contributed by atoms with Gasteiger partial charge in [0.05, 0.1) is 0 Å². The second kappa shape index (κ2) is 2.94. The maximum absolute atomic E-state index is 9.54. The summed E-state index contributed by atoms with van der Waals surface area (Å²) in [6, 6.07) is 1.69. The fraction of sp³-hybridized carbons (Fsp3) is 0.429. The molecule has 0 saturated carbocycles.